The van der Waals surface area contributed by atoms with Crippen molar-refractivity contribution in [1.29, 1.82) is 0 Å². The number of unbranched alkanes of at least 4 members (excludes halogenated alkanes) is 1. The molecule has 2 aromatic heterocycles. The number of hydrogen-bond acceptors (Lipinski definition) is 11. The number of benzene rings is 1. The predicted octanol–water partition coefficient (Wildman–Crippen LogP) is 6.75. The number of azide groups is 1. The number of rotatable bonds is 15. The van der Waals surface area contributed by atoms with Gasteiger partial charge >= 0.3 is 12.1 Å². The second-order valence-corrected chi connectivity index (χ2v) is 17.0. The molecule has 0 bridgehead atoms. The summed E-state index contributed by atoms with van der Waals surface area (Å²) >= 11 is 0. The third kappa shape index (κ3) is 11.7. The smallest absolute Gasteiger partial charge is 0.416 e. The van der Waals surface area contributed by atoms with E-state index in [1.165, 1.54) is 7.11 Å². The van der Waals surface area contributed by atoms with Crippen molar-refractivity contribution >= 4 is 29.5 Å². The van der Waals surface area contributed by atoms with Gasteiger partial charge in [-0.05, 0) is 120 Å². The van der Waals surface area contributed by atoms with Crippen LogP contribution in [0.15, 0.2) is 41.5 Å². The number of ether oxygens (including phenoxy) is 3. The lowest BCUT2D eigenvalue weighted by atomic mass is 9.93. The van der Waals surface area contributed by atoms with E-state index < -0.39 is 11.7 Å². The number of carbonyl (C=O) groups is 3. The predicted molar refractivity (Wildman–Crippen MR) is 225 cm³/mol. The van der Waals surface area contributed by atoms with Crippen molar-refractivity contribution < 1.29 is 28.6 Å². The summed E-state index contributed by atoms with van der Waals surface area (Å²) in [7, 11) is 1.43. The van der Waals surface area contributed by atoms with Crippen LogP contribution in [0.3, 0.4) is 0 Å². The number of likely N-dealkylation sites (tertiary alicyclic amines) is 1. The summed E-state index contributed by atoms with van der Waals surface area (Å²) < 4.78 is 19.1. The van der Waals surface area contributed by atoms with Crippen molar-refractivity contribution in [3.63, 3.8) is 0 Å². The van der Waals surface area contributed by atoms with Crippen LogP contribution in [0, 0.1) is 19.8 Å². The number of piperazine rings is 1. The van der Waals surface area contributed by atoms with Crippen molar-refractivity contribution in [2.75, 3.05) is 82.4 Å². The van der Waals surface area contributed by atoms with Gasteiger partial charge in [-0.25, -0.2) is 9.48 Å². The van der Waals surface area contributed by atoms with E-state index in [2.05, 4.69) is 44.1 Å². The van der Waals surface area contributed by atoms with Crippen molar-refractivity contribution in [2.45, 2.75) is 91.1 Å². The monoisotopic (exact) mass is 812 g/mol. The molecule has 6 rings (SSSR count). The first-order chi connectivity index (χ1) is 28.3. The van der Waals surface area contributed by atoms with Gasteiger partial charge in [-0.1, -0.05) is 5.11 Å². The SMILES string of the molecule is COC(=O)C[C@H](CN1CC[C@@H](COc2ccc3c(n2)N(C(=O)OC(C)(C)C)CCC3)C1)c1cc(N2CCN(C(=O)CCCCN=[N+]=[N-])CC2)cc(-n2nc(C)cc2C)c1. The van der Waals surface area contributed by atoms with Crippen molar-refractivity contribution in [2.24, 2.45) is 11.0 Å². The average molecular weight is 813 g/mol. The molecule has 0 aliphatic carbocycles. The molecule has 0 N–H and O–H groups in total. The number of pyridine rings is 1. The molecule has 1 aromatic carbocycles. The molecule has 2 fully saturated rings. The lowest BCUT2D eigenvalue weighted by Crippen LogP contribution is -2.48. The van der Waals surface area contributed by atoms with Crippen LogP contribution in [0.4, 0.5) is 16.3 Å². The van der Waals surface area contributed by atoms with E-state index in [0.29, 0.717) is 83.4 Å². The fraction of sp³-hybridized carbons (Fsp3) is 0.605. The first-order valence-electron chi connectivity index (χ1n) is 20.9. The third-order valence-electron chi connectivity index (χ3n) is 11.2. The standard InChI is InChI=1S/C43H60N10O6/c1-30-22-31(2)53(47-30)37-24-34(23-36(26-37)50-18-20-51(21-19-50)39(54)11-7-8-15-45-48-44)35(25-40(55)57-6)28-49-17-14-32(27-49)29-58-38-13-12-33-10-9-16-52(41(33)46-38)42(56)59-43(3,4)5/h12-13,22-24,26,32,35H,7-11,14-21,25,27-29H2,1-6H3/t32-,35-/m1/s1. The molecule has 16 nitrogen and oxygen atoms in total. The summed E-state index contributed by atoms with van der Waals surface area (Å²) in [4.78, 5) is 54.8. The van der Waals surface area contributed by atoms with E-state index in [0.717, 1.165) is 66.2 Å². The van der Waals surface area contributed by atoms with Crippen LogP contribution in [-0.2, 0) is 25.5 Å². The average Bonchev–Trinajstić information content (AvgIpc) is 3.82. The maximum atomic E-state index is 13.0. The molecule has 0 unspecified atom stereocenters. The van der Waals surface area contributed by atoms with Gasteiger partial charge in [0.1, 0.15) is 11.4 Å². The molecule has 0 saturated carbocycles. The molecular formula is C43H60N10O6. The van der Waals surface area contributed by atoms with Gasteiger partial charge in [0.25, 0.3) is 0 Å². The zero-order valence-electron chi connectivity index (χ0n) is 35.6. The highest BCUT2D eigenvalue weighted by Crippen LogP contribution is 2.33. The first-order valence-corrected chi connectivity index (χ1v) is 20.9. The largest absolute Gasteiger partial charge is 0.477 e. The molecule has 59 heavy (non-hydrogen) atoms. The Labute approximate surface area is 347 Å². The van der Waals surface area contributed by atoms with Gasteiger partial charge in [0.05, 0.1) is 31.5 Å². The second kappa shape index (κ2) is 19.6. The maximum absolute atomic E-state index is 13.0. The summed E-state index contributed by atoms with van der Waals surface area (Å²) in [5, 5.41) is 8.38. The van der Waals surface area contributed by atoms with Crippen LogP contribution in [-0.4, -0.2) is 121 Å². The van der Waals surface area contributed by atoms with Crippen molar-refractivity contribution in [1.82, 2.24) is 24.6 Å². The van der Waals surface area contributed by atoms with Crippen LogP contribution >= 0.6 is 0 Å². The number of amides is 2. The Balaban J connectivity index is 1.14. The second-order valence-electron chi connectivity index (χ2n) is 17.0. The Kier molecular flexibility index (Phi) is 14.4. The Bertz CT molecular complexity index is 2000. The Morgan fingerprint density at radius 1 is 1.00 bits per heavy atom. The molecule has 5 heterocycles. The Hall–Kier alpha value is -5.34. The molecule has 0 radical (unpaired) electrons. The highest BCUT2D eigenvalue weighted by atomic mass is 16.6. The molecule has 3 aromatic rings. The lowest BCUT2D eigenvalue weighted by Gasteiger charge is -2.37. The Morgan fingerprint density at radius 2 is 1.78 bits per heavy atom. The van der Waals surface area contributed by atoms with E-state index in [1.54, 1.807) is 4.90 Å². The van der Waals surface area contributed by atoms with Crippen molar-refractivity contribution in [3.05, 3.63) is 69.4 Å². The zero-order chi connectivity index (χ0) is 42.1. The molecule has 0 spiro atoms. The van der Waals surface area contributed by atoms with Gasteiger partial charge in [-0.3, -0.25) is 14.5 Å². The highest BCUT2D eigenvalue weighted by molar-refractivity contribution is 5.88. The molecule has 2 atom stereocenters. The summed E-state index contributed by atoms with van der Waals surface area (Å²) in [6, 6.07) is 12.4. The fourth-order valence-corrected chi connectivity index (χ4v) is 8.22. The van der Waals surface area contributed by atoms with Crippen LogP contribution in [0.5, 0.6) is 5.88 Å². The molecule has 318 valence electrons. The number of aromatic nitrogens is 3. The van der Waals surface area contributed by atoms with Crippen molar-refractivity contribution in [3.8, 4) is 11.6 Å². The quantitative estimate of drug-likeness (QED) is 0.0526. The minimum atomic E-state index is -0.605. The van der Waals surface area contributed by atoms with Gasteiger partial charge in [-0.15, -0.1) is 0 Å². The van der Waals surface area contributed by atoms with Gasteiger partial charge in [0.15, 0.2) is 0 Å². The van der Waals surface area contributed by atoms with E-state index in [9.17, 15) is 14.4 Å². The molecule has 2 amide bonds. The summed E-state index contributed by atoms with van der Waals surface area (Å²) in [5.41, 5.74) is 13.8. The normalized spacial score (nSPS) is 17.6. The molecule has 2 saturated heterocycles. The molecule has 16 heteroatoms. The first kappa shape index (κ1) is 43.2. The number of fused-ring (bicyclic) bond motifs is 1. The zero-order valence-corrected chi connectivity index (χ0v) is 35.6. The summed E-state index contributed by atoms with van der Waals surface area (Å²) in [6.45, 7) is 16.0. The lowest BCUT2D eigenvalue weighted by molar-refractivity contribution is -0.141. The number of methoxy groups -OCH3 is 1. The summed E-state index contributed by atoms with van der Waals surface area (Å²) in [5.74, 6) is 1.07. The third-order valence-corrected chi connectivity index (χ3v) is 11.2. The minimum Gasteiger partial charge on any atom is -0.477 e. The molecule has 3 aliphatic rings. The van der Waals surface area contributed by atoms with E-state index in [4.69, 9.17) is 29.8 Å². The minimum absolute atomic E-state index is 0.124. The van der Waals surface area contributed by atoms with Gasteiger partial charge in [0.2, 0.25) is 11.8 Å². The summed E-state index contributed by atoms with van der Waals surface area (Å²) in [6.07, 6.45) is 4.29. The van der Waals surface area contributed by atoms with Crippen LogP contribution in [0.1, 0.15) is 87.7 Å². The number of hydrogen-bond donors (Lipinski definition) is 0. The number of aryl methyl sites for hydroxylation is 3. The maximum Gasteiger partial charge on any atom is 0.416 e. The fourth-order valence-electron chi connectivity index (χ4n) is 8.22. The molecule has 3 aliphatic heterocycles. The van der Waals surface area contributed by atoms with Crippen LogP contribution in [0.2, 0.25) is 0 Å². The number of nitrogens with zero attached hydrogens (tertiary/aromatic N) is 10. The van der Waals surface area contributed by atoms with Crippen LogP contribution in [0.25, 0.3) is 16.1 Å². The number of carbonyl (C=O) groups excluding carboxylic acids is 3. The number of anilines is 2. The topological polar surface area (TPSA) is 171 Å². The Morgan fingerprint density at radius 3 is 2.49 bits per heavy atom. The highest BCUT2D eigenvalue weighted by Gasteiger charge is 2.31. The molecular weight excluding hydrogens is 753 g/mol. The van der Waals surface area contributed by atoms with Gasteiger partial charge in [-0.2, -0.15) is 10.1 Å². The van der Waals surface area contributed by atoms with Crippen LogP contribution < -0.4 is 14.5 Å². The van der Waals surface area contributed by atoms with E-state index in [1.807, 2.05) is 56.3 Å². The van der Waals surface area contributed by atoms with Gasteiger partial charge in [0, 0.05) is 93.0 Å². The number of esters is 1. The van der Waals surface area contributed by atoms with E-state index >= 15 is 0 Å². The van der Waals surface area contributed by atoms with Gasteiger partial charge < -0.3 is 28.9 Å². The van der Waals surface area contributed by atoms with E-state index in [-0.39, 0.29) is 30.1 Å².